The number of nitrogens with two attached hydrogens (primary N) is 2. The van der Waals surface area contributed by atoms with Crippen LogP contribution >= 0.6 is 0 Å². The van der Waals surface area contributed by atoms with E-state index in [-0.39, 0.29) is 44.5 Å². The number of carboxylic acid groups (broad SMARTS) is 2. The third-order valence-electron chi connectivity index (χ3n) is 15.8. The number of carbonyl (C=O) groups excluding carboxylic acids is 4. The SMILES string of the molecule is NC(=O)C1CCN2C(=O)C(NC(=O)O)(C3CCCCC3)c3ccc(cc3)CC12N(c1ccc(F)cc1)[C@@]12Cc3ccc(cc3)[C@@](NC(=O)O)(C3CCCCC3)C(=O)N1CCC2C(N)=O. The molecule has 8 N–H and O–H groups in total. The summed E-state index contributed by atoms with van der Waals surface area (Å²) in [5.41, 5.74) is 7.88. The molecule has 4 bridgehead atoms. The van der Waals surface area contributed by atoms with Crippen molar-refractivity contribution in [1.82, 2.24) is 20.4 Å². The zero-order valence-corrected chi connectivity index (χ0v) is 35.8. The predicted octanol–water partition coefficient (Wildman–Crippen LogP) is 5.29. The van der Waals surface area contributed by atoms with E-state index in [4.69, 9.17) is 11.5 Å². The molecule has 15 nitrogen and oxygen atoms in total. The van der Waals surface area contributed by atoms with Crippen LogP contribution in [0.2, 0.25) is 0 Å². The summed E-state index contributed by atoms with van der Waals surface area (Å²) in [6.07, 6.45) is 3.94. The van der Waals surface area contributed by atoms with Crippen LogP contribution in [-0.4, -0.2) is 80.2 Å². The van der Waals surface area contributed by atoms with Gasteiger partial charge in [0.2, 0.25) is 11.8 Å². The lowest BCUT2D eigenvalue weighted by Gasteiger charge is -2.62. The molecular formula is C48H56FN7O8. The van der Waals surface area contributed by atoms with Gasteiger partial charge in [0.05, 0.1) is 11.8 Å². The Balaban J connectivity index is 1.39. The summed E-state index contributed by atoms with van der Waals surface area (Å²) < 4.78 is 15.3. The maximum absolute atomic E-state index is 16.4. The van der Waals surface area contributed by atoms with Gasteiger partial charge >= 0.3 is 12.2 Å². The Labute approximate surface area is 370 Å². The van der Waals surface area contributed by atoms with Gasteiger partial charge in [-0.1, -0.05) is 87.1 Å². The highest BCUT2D eigenvalue weighted by Crippen LogP contribution is 2.57. The first-order valence-electron chi connectivity index (χ1n) is 22.7. The van der Waals surface area contributed by atoms with Crippen LogP contribution in [0.25, 0.3) is 0 Å². The Morgan fingerprint density at radius 1 is 0.578 bits per heavy atom. The average molecular weight is 878 g/mol. The molecular weight excluding hydrogens is 822 g/mol. The molecule has 2 aliphatic carbocycles. The van der Waals surface area contributed by atoms with Crippen LogP contribution in [0, 0.1) is 29.5 Å². The Morgan fingerprint density at radius 3 is 1.30 bits per heavy atom. The monoisotopic (exact) mass is 877 g/mol. The van der Waals surface area contributed by atoms with Gasteiger partial charge in [-0.3, -0.25) is 19.2 Å². The molecule has 2 saturated carbocycles. The molecule has 4 unspecified atom stereocenters. The highest BCUT2D eigenvalue weighted by molar-refractivity contribution is 5.96. The molecule has 3 aromatic carbocycles. The van der Waals surface area contributed by atoms with E-state index in [0.29, 0.717) is 47.9 Å². The minimum atomic E-state index is -1.91. The molecule has 0 aromatic heterocycles. The van der Waals surface area contributed by atoms with Gasteiger partial charge < -0.3 is 47.0 Å². The number of benzene rings is 3. The van der Waals surface area contributed by atoms with Crippen molar-refractivity contribution in [3.8, 4) is 0 Å². The van der Waals surface area contributed by atoms with E-state index in [9.17, 15) is 29.4 Å². The molecule has 2 saturated heterocycles. The molecule has 6 heterocycles. The summed E-state index contributed by atoms with van der Waals surface area (Å²) in [7, 11) is 0. The minimum Gasteiger partial charge on any atom is -0.465 e. The molecule has 6 amide bonds. The van der Waals surface area contributed by atoms with Gasteiger partial charge in [-0.05, 0) is 96.9 Å². The molecule has 4 fully saturated rings. The highest BCUT2D eigenvalue weighted by Gasteiger charge is 2.71. The highest BCUT2D eigenvalue weighted by atomic mass is 19.1. The zero-order valence-electron chi connectivity index (χ0n) is 35.8. The zero-order chi connectivity index (χ0) is 45.2. The number of halogens is 1. The Kier molecular flexibility index (Phi) is 10.8. The second-order valence-corrected chi connectivity index (χ2v) is 18.9. The van der Waals surface area contributed by atoms with E-state index in [1.807, 2.05) is 24.3 Å². The largest absolute Gasteiger partial charge is 0.465 e. The van der Waals surface area contributed by atoms with Crippen LogP contribution in [0.3, 0.4) is 0 Å². The maximum Gasteiger partial charge on any atom is 0.405 e. The van der Waals surface area contributed by atoms with Crippen LogP contribution in [0.5, 0.6) is 0 Å². The summed E-state index contributed by atoms with van der Waals surface area (Å²) in [6, 6.07) is 19.6. The molecule has 0 spiro atoms. The molecule has 11 rings (SSSR count). The van der Waals surface area contributed by atoms with Crippen LogP contribution in [-0.2, 0) is 43.1 Å². The van der Waals surface area contributed by atoms with Gasteiger partial charge in [0, 0.05) is 31.6 Å². The van der Waals surface area contributed by atoms with Crippen molar-refractivity contribution in [3.63, 3.8) is 0 Å². The maximum atomic E-state index is 16.4. The van der Waals surface area contributed by atoms with E-state index >= 15 is 14.0 Å². The first kappa shape index (κ1) is 43.1. The molecule has 6 atom stereocenters. The second kappa shape index (κ2) is 16.1. The van der Waals surface area contributed by atoms with Gasteiger partial charge in [0.15, 0.2) is 11.1 Å². The Hall–Kier alpha value is -6.19. The summed E-state index contributed by atoms with van der Waals surface area (Å²) >= 11 is 0. The summed E-state index contributed by atoms with van der Waals surface area (Å²) in [5, 5.41) is 26.8. The Morgan fingerprint density at radius 2 is 0.953 bits per heavy atom. The Bertz CT molecular complexity index is 2210. The van der Waals surface area contributed by atoms with Gasteiger partial charge in [-0.15, -0.1) is 0 Å². The first-order chi connectivity index (χ1) is 30.7. The number of hydrogen-bond acceptors (Lipinski definition) is 7. The standard InChI is InChI=1S/C48H56FN7O8/c49-35-19-21-36(22-20-35)56(45-27-29-11-15-33(16-12-29)47(52-43(61)62,31-7-3-1-4-8-31)41(59)54(45)25-23-37(45)39(50)57)46-28-30-13-17-34(18-14-30)48(53-44(63)64,32-9-5-2-6-10-32)42(60)55(46)26-24-38(46)40(51)58/h11-22,31-32,37-38,52-53H,1-10,23-28H2,(H2,50,57)(H2,51,58)(H,61,62)(H,63,64)/t37?,38?,45-,46?,47+,48?/m1/s1. The molecule has 0 radical (unpaired) electrons. The number of nitrogens with zero attached hydrogens (tertiary/aromatic N) is 3. The van der Waals surface area contributed by atoms with E-state index < -0.39 is 87.7 Å². The first-order valence-corrected chi connectivity index (χ1v) is 22.7. The number of anilines is 1. The number of primary amides is 2. The summed E-state index contributed by atoms with van der Waals surface area (Å²) in [6.45, 7) is -0.154. The van der Waals surface area contributed by atoms with E-state index in [1.165, 1.54) is 24.3 Å². The second-order valence-electron chi connectivity index (χ2n) is 18.9. The fourth-order valence-corrected chi connectivity index (χ4v) is 13.3. The average Bonchev–Trinajstić information content (AvgIpc) is 3.87. The minimum absolute atomic E-state index is 0.0226. The number of rotatable bonds is 9. The smallest absolute Gasteiger partial charge is 0.405 e. The number of fused-ring (bicyclic) bond motifs is 6. The van der Waals surface area contributed by atoms with E-state index in [0.717, 1.165) is 38.5 Å². The predicted molar refractivity (Wildman–Crippen MR) is 231 cm³/mol. The van der Waals surface area contributed by atoms with Crippen LogP contribution in [0.1, 0.15) is 99.3 Å². The topological polar surface area (TPSA) is 229 Å². The van der Waals surface area contributed by atoms with Crippen LogP contribution < -0.4 is 27.0 Å². The molecule has 3 aromatic rings. The lowest BCUT2D eigenvalue weighted by Crippen LogP contribution is -2.80. The number of carbonyl (C=O) groups is 6. The van der Waals surface area contributed by atoms with Crippen molar-refractivity contribution < 1.29 is 43.4 Å². The fourth-order valence-electron chi connectivity index (χ4n) is 13.3. The molecule has 64 heavy (non-hydrogen) atoms. The van der Waals surface area contributed by atoms with Crippen LogP contribution in [0.15, 0.2) is 72.8 Å². The summed E-state index contributed by atoms with van der Waals surface area (Å²) in [4.78, 5) is 92.8. The van der Waals surface area contributed by atoms with Crippen LogP contribution in [0.4, 0.5) is 19.7 Å². The fraction of sp³-hybridized carbons (Fsp3) is 0.500. The lowest BCUT2D eigenvalue weighted by molar-refractivity contribution is -0.154. The number of nitrogens with one attached hydrogen (secondary N) is 2. The number of hydrogen-bond donors (Lipinski definition) is 6. The van der Waals surface area contributed by atoms with Gasteiger partial charge in [0.25, 0.3) is 11.8 Å². The van der Waals surface area contributed by atoms with Gasteiger partial charge in [-0.2, -0.15) is 0 Å². The lowest BCUT2D eigenvalue weighted by atomic mass is 9.69. The van der Waals surface area contributed by atoms with Crippen molar-refractivity contribution in [2.24, 2.45) is 35.1 Å². The summed E-state index contributed by atoms with van der Waals surface area (Å²) in [5.74, 6) is -6.86. The normalized spacial score (nSPS) is 30.5. The van der Waals surface area contributed by atoms with E-state index in [2.05, 4.69) is 10.6 Å². The molecule has 338 valence electrons. The quantitative estimate of drug-likeness (QED) is 0.164. The van der Waals surface area contributed by atoms with Crippen molar-refractivity contribution in [1.29, 1.82) is 0 Å². The molecule has 8 aliphatic rings. The van der Waals surface area contributed by atoms with Crippen molar-refractivity contribution in [2.45, 2.75) is 112 Å². The molecule has 6 aliphatic heterocycles. The number of amides is 6. The molecule has 16 heteroatoms. The van der Waals surface area contributed by atoms with Crippen molar-refractivity contribution in [3.05, 3.63) is 101 Å². The van der Waals surface area contributed by atoms with E-state index in [1.54, 1.807) is 39.0 Å². The third-order valence-corrected chi connectivity index (χ3v) is 15.8. The van der Waals surface area contributed by atoms with Gasteiger partial charge in [-0.25, -0.2) is 14.0 Å². The van der Waals surface area contributed by atoms with Crippen molar-refractivity contribution in [2.75, 3.05) is 18.0 Å². The van der Waals surface area contributed by atoms with Crippen molar-refractivity contribution >= 4 is 41.5 Å². The van der Waals surface area contributed by atoms with Gasteiger partial charge in [0.1, 0.15) is 17.1 Å². The third kappa shape index (κ3) is 6.40.